The van der Waals surface area contributed by atoms with E-state index in [-0.39, 0.29) is 13.0 Å². The summed E-state index contributed by atoms with van der Waals surface area (Å²) >= 11 is 0. The molecule has 12 N–H and O–H groups in total. The quantitative estimate of drug-likeness (QED) is 0.180. The second-order valence-corrected chi connectivity index (χ2v) is 13.1. The SMILES string of the molecule is CC(O)(P(=O)(O)O)P(=O)(O)O.NCCCC(O)(P(=O)(O)O)P(=O)(O)O. The molecular formula is C6H21NO14P4. The first-order chi connectivity index (χ1) is 10.6. The maximum atomic E-state index is 10.7. The second kappa shape index (κ2) is 8.66. The van der Waals surface area contributed by atoms with E-state index in [9.17, 15) is 23.4 Å². The lowest BCUT2D eigenvalue weighted by Crippen LogP contribution is -2.29. The van der Waals surface area contributed by atoms with Crippen molar-refractivity contribution in [2.45, 2.75) is 29.9 Å². The van der Waals surface area contributed by atoms with Crippen LogP contribution < -0.4 is 5.73 Å². The molecule has 0 aromatic carbocycles. The Bertz CT molecular complexity index is 575. The van der Waals surface area contributed by atoms with Crippen LogP contribution in [0.25, 0.3) is 0 Å². The fraction of sp³-hybridized carbons (Fsp3) is 1.00. The molecule has 0 heterocycles. The van der Waals surface area contributed by atoms with E-state index >= 15 is 0 Å². The molecule has 0 radical (unpaired) electrons. The van der Waals surface area contributed by atoms with Gasteiger partial charge in [-0.05, 0) is 19.9 Å². The molecule has 19 heteroatoms. The highest BCUT2D eigenvalue weighted by molar-refractivity contribution is 7.72. The minimum absolute atomic E-state index is 0.0394. The van der Waals surface area contributed by atoms with Gasteiger partial charge in [0.2, 0.25) is 0 Å². The minimum Gasteiger partial charge on any atom is -0.368 e. The number of hydrogen-bond donors (Lipinski definition) is 11. The van der Waals surface area contributed by atoms with Crippen LogP contribution in [-0.4, -0.2) is 66.1 Å². The van der Waals surface area contributed by atoms with E-state index in [1.807, 2.05) is 0 Å². The molecule has 0 aliphatic carbocycles. The first kappa shape index (κ1) is 27.7. The van der Waals surface area contributed by atoms with Crippen molar-refractivity contribution in [1.29, 1.82) is 0 Å². The number of rotatable bonds is 7. The van der Waals surface area contributed by atoms with Gasteiger partial charge < -0.3 is 55.1 Å². The van der Waals surface area contributed by atoms with Crippen LogP contribution >= 0.6 is 30.4 Å². The molecule has 0 spiro atoms. The normalized spacial score (nSPS) is 14.7. The van der Waals surface area contributed by atoms with Gasteiger partial charge in [0.15, 0.2) is 0 Å². The molecule has 0 saturated heterocycles. The Balaban J connectivity index is 0. The van der Waals surface area contributed by atoms with Crippen molar-refractivity contribution >= 4 is 30.4 Å². The van der Waals surface area contributed by atoms with Crippen molar-refractivity contribution in [2.24, 2.45) is 5.73 Å². The summed E-state index contributed by atoms with van der Waals surface area (Å²) in [6.07, 6.45) is -0.856. The van der Waals surface area contributed by atoms with Gasteiger partial charge in [0, 0.05) is 6.42 Å². The molecule has 0 amide bonds. The third-order valence-electron chi connectivity index (χ3n) is 2.75. The molecule has 0 bridgehead atoms. The first-order valence-corrected chi connectivity index (χ1v) is 12.4. The lowest BCUT2D eigenvalue weighted by Gasteiger charge is -2.28. The highest BCUT2D eigenvalue weighted by atomic mass is 31.2. The summed E-state index contributed by atoms with van der Waals surface area (Å²) in [7, 11) is -21.0. The Labute approximate surface area is 141 Å². The average Bonchev–Trinajstić information content (AvgIpc) is 2.31. The van der Waals surface area contributed by atoms with E-state index in [1.165, 1.54) is 0 Å². The van der Waals surface area contributed by atoms with E-state index in [0.29, 0.717) is 6.92 Å². The van der Waals surface area contributed by atoms with Crippen LogP contribution in [0.3, 0.4) is 0 Å². The Kier molecular flexibility index (Phi) is 9.59. The zero-order chi connectivity index (χ0) is 21.1. The molecule has 0 atom stereocenters. The first-order valence-electron chi connectivity index (χ1n) is 5.93. The summed E-state index contributed by atoms with van der Waals surface area (Å²) in [5, 5.41) is 11.3. The van der Waals surface area contributed by atoms with Gasteiger partial charge in [-0.15, -0.1) is 0 Å². The van der Waals surface area contributed by atoms with Crippen molar-refractivity contribution in [3.8, 4) is 0 Å². The lowest BCUT2D eigenvalue weighted by molar-refractivity contribution is 0.121. The smallest absolute Gasteiger partial charge is 0.368 e. The topological polar surface area (TPSA) is 297 Å². The fourth-order valence-electron chi connectivity index (χ4n) is 0.970. The Hall–Kier alpha value is 0.480. The molecule has 0 aromatic rings. The van der Waals surface area contributed by atoms with Gasteiger partial charge in [-0.25, -0.2) is 0 Å². The largest absolute Gasteiger partial charge is 0.369 e. The molecule has 0 aromatic heterocycles. The van der Waals surface area contributed by atoms with Crippen LogP contribution in [-0.2, 0) is 18.3 Å². The van der Waals surface area contributed by atoms with E-state index in [1.54, 1.807) is 0 Å². The van der Waals surface area contributed by atoms with Gasteiger partial charge in [-0.3, -0.25) is 18.3 Å². The van der Waals surface area contributed by atoms with E-state index in [2.05, 4.69) is 0 Å². The van der Waals surface area contributed by atoms with Crippen LogP contribution in [0.5, 0.6) is 0 Å². The van der Waals surface area contributed by atoms with Crippen molar-refractivity contribution in [3.05, 3.63) is 0 Å². The Morgan fingerprint density at radius 1 is 0.720 bits per heavy atom. The van der Waals surface area contributed by atoms with Gasteiger partial charge in [-0.2, -0.15) is 0 Å². The number of nitrogens with two attached hydrogens (primary N) is 1. The van der Waals surface area contributed by atoms with Crippen LogP contribution in [0.15, 0.2) is 0 Å². The number of aliphatic hydroxyl groups is 2. The summed E-state index contributed by atoms with van der Waals surface area (Å²) in [6, 6.07) is 0. The van der Waals surface area contributed by atoms with Gasteiger partial charge >= 0.3 is 30.4 Å². The summed E-state index contributed by atoms with van der Waals surface area (Å²) in [6.45, 7) is 0.344. The van der Waals surface area contributed by atoms with Crippen LogP contribution in [0.1, 0.15) is 19.8 Å². The third kappa shape index (κ3) is 7.19. The second-order valence-electron chi connectivity index (χ2n) is 4.81. The van der Waals surface area contributed by atoms with Crippen LogP contribution in [0, 0.1) is 0 Å². The fourth-order valence-corrected chi connectivity index (χ4v) is 4.58. The van der Waals surface area contributed by atoms with E-state index < -0.39 is 47.0 Å². The van der Waals surface area contributed by atoms with E-state index in [4.69, 9.17) is 50.0 Å². The van der Waals surface area contributed by atoms with Crippen molar-refractivity contribution in [2.75, 3.05) is 6.54 Å². The van der Waals surface area contributed by atoms with Gasteiger partial charge in [0.25, 0.3) is 10.2 Å². The summed E-state index contributed by atoms with van der Waals surface area (Å²) in [5.74, 6) is 0. The van der Waals surface area contributed by atoms with E-state index in [0.717, 1.165) is 0 Å². The molecule has 0 rings (SSSR count). The van der Waals surface area contributed by atoms with Gasteiger partial charge in [0.1, 0.15) is 0 Å². The zero-order valence-electron chi connectivity index (χ0n) is 12.6. The standard InChI is InChI=1S/C4H13NO7P2.C2H8O7P2/c5-3-1-2-4(6,13(7,8)9)14(10,11)12;1-2(3,10(4,5)6)11(7,8)9/h6H,1-3,5H2,(H2,7,8,9)(H2,10,11,12);3H,1H3,(H2,4,5,6)(H2,7,8,9). The molecule has 0 saturated carbocycles. The monoisotopic (exact) mass is 455 g/mol. The highest BCUT2D eigenvalue weighted by Crippen LogP contribution is 2.69. The maximum absolute atomic E-state index is 10.7. The predicted octanol–water partition coefficient (Wildman–Crippen LogP) is -2.27. The molecular weight excluding hydrogens is 434 g/mol. The van der Waals surface area contributed by atoms with Crippen molar-refractivity contribution in [3.63, 3.8) is 0 Å². The van der Waals surface area contributed by atoms with Gasteiger partial charge in [0.05, 0.1) is 0 Å². The molecule has 0 aliphatic heterocycles. The lowest BCUT2D eigenvalue weighted by atomic mass is 10.3. The Morgan fingerprint density at radius 3 is 1.12 bits per heavy atom. The highest BCUT2D eigenvalue weighted by Gasteiger charge is 2.58. The maximum Gasteiger partial charge on any atom is 0.369 e. The van der Waals surface area contributed by atoms with Crippen molar-refractivity contribution in [1.82, 2.24) is 0 Å². The van der Waals surface area contributed by atoms with Crippen molar-refractivity contribution < 1.29 is 67.6 Å². The molecule has 25 heavy (non-hydrogen) atoms. The van der Waals surface area contributed by atoms with Crippen LogP contribution in [0.2, 0.25) is 0 Å². The third-order valence-corrected chi connectivity index (χ3v) is 10.4. The van der Waals surface area contributed by atoms with Crippen LogP contribution in [0.4, 0.5) is 0 Å². The minimum atomic E-state index is -5.30. The summed E-state index contributed by atoms with van der Waals surface area (Å²) < 4.78 is 41.9. The molecule has 15 nitrogen and oxygen atoms in total. The summed E-state index contributed by atoms with van der Waals surface area (Å²) in [4.78, 5) is 67.5. The van der Waals surface area contributed by atoms with Gasteiger partial charge in [-0.1, -0.05) is 0 Å². The molecule has 0 unspecified atom stereocenters. The molecule has 0 aliphatic rings. The number of hydrogen-bond acceptors (Lipinski definition) is 7. The average molecular weight is 455 g/mol. The Morgan fingerprint density at radius 2 is 1.00 bits per heavy atom. The predicted molar refractivity (Wildman–Crippen MR) is 82.0 cm³/mol. The molecule has 0 fully saturated rings. The molecule has 154 valence electrons. The zero-order valence-corrected chi connectivity index (χ0v) is 16.2. The summed E-state index contributed by atoms with van der Waals surface area (Å²) in [5.41, 5.74) is 5.01.